The van der Waals surface area contributed by atoms with E-state index >= 15 is 0 Å². The van der Waals surface area contributed by atoms with Gasteiger partial charge in [-0.05, 0) is 102 Å². The van der Waals surface area contributed by atoms with Gasteiger partial charge in [-0.2, -0.15) is 0 Å². The van der Waals surface area contributed by atoms with Crippen LogP contribution in [0, 0.1) is 23.7 Å². The highest BCUT2D eigenvalue weighted by Gasteiger charge is 2.54. The molecule has 3 heterocycles. The molecule has 0 aliphatic carbocycles. The van der Waals surface area contributed by atoms with E-state index < -0.39 is 108 Å². The van der Waals surface area contributed by atoms with Crippen LogP contribution in [0.2, 0.25) is 0 Å². The summed E-state index contributed by atoms with van der Waals surface area (Å²) in [5.74, 6) is -4.46. The summed E-state index contributed by atoms with van der Waals surface area (Å²) in [5.41, 5.74) is -4.32. The van der Waals surface area contributed by atoms with E-state index in [2.05, 4.69) is 15.1 Å². The molecule has 0 spiro atoms. The number of carbonyl (C=O) groups is 4. The molecule has 3 N–H and O–H groups in total. The van der Waals surface area contributed by atoms with Crippen molar-refractivity contribution in [3.8, 4) is 0 Å². The lowest BCUT2D eigenvalue weighted by atomic mass is 9.77. The predicted molar refractivity (Wildman–Crippen MR) is 244 cm³/mol. The summed E-state index contributed by atoms with van der Waals surface area (Å²) < 4.78 is 52.0. The summed E-state index contributed by atoms with van der Waals surface area (Å²) in [5, 5.41) is 26.2. The number of ketones is 1. The van der Waals surface area contributed by atoms with Crippen molar-refractivity contribution >= 4 is 23.6 Å². The van der Waals surface area contributed by atoms with E-state index in [-0.39, 0.29) is 56.0 Å². The number of ether oxygens (including phenoxy) is 8. The quantitative estimate of drug-likeness (QED) is 0.185. The van der Waals surface area contributed by atoms with Crippen LogP contribution >= 0.6 is 0 Å². The number of esters is 2. The summed E-state index contributed by atoms with van der Waals surface area (Å²) in [6.45, 7) is 25.2. The first kappa shape index (κ1) is 57.0. The molecule has 3 rings (SSSR count). The van der Waals surface area contributed by atoms with Gasteiger partial charge in [-0.3, -0.25) is 14.4 Å². The molecule has 0 saturated carbocycles. The van der Waals surface area contributed by atoms with Crippen molar-refractivity contribution in [1.29, 1.82) is 0 Å². The van der Waals surface area contributed by atoms with Crippen molar-refractivity contribution in [2.45, 2.75) is 213 Å². The number of hydrogen-bond donors (Lipinski definition) is 3. The van der Waals surface area contributed by atoms with Gasteiger partial charge in [0.25, 0.3) is 0 Å². The first-order valence-corrected chi connectivity index (χ1v) is 23.9. The Balaban J connectivity index is 2.22. The molecule has 17 heteroatoms. The Morgan fingerprint density at radius 3 is 2.03 bits per heavy atom. The Bertz CT molecular complexity index is 1550. The smallest absolute Gasteiger partial charge is 0.311 e. The van der Waals surface area contributed by atoms with Gasteiger partial charge in [-0.1, -0.05) is 34.6 Å². The maximum atomic E-state index is 14.6. The third-order valence-corrected chi connectivity index (χ3v) is 14.6. The second-order valence-corrected chi connectivity index (χ2v) is 20.1. The molecule has 1 unspecified atom stereocenters. The Labute approximate surface area is 389 Å². The number of hydrogen-bond acceptors (Lipinski definition) is 16. The SMILES string of the molecule is CC[C@H]1OC(=O)[C@H](C)[C@@H](OC2C[C@@](C)(OC)[C@@H](OC(=O)CCN(CC)CC)[C@H](C)O2)[C@H](C)[C@@H](O[C@@H]2O[C@H](C)C[C@H](N(C)C)[C@H]2CC(C)=O)[C@](C)(OC)C[C@@H](C)C(=O)N[C@H](C)[C@@H](O)[C@]1(C)O. The van der Waals surface area contributed by atoms with Crippen LogP contribution in [0.3, 0.4) is 0 Å². The van der Waals surface area contributed by atoms with Crippen LogP contribution in [0.25, 0.3) is 0 Å². The fraction of sp³-hybridized carbons (Fsp3) is 0.917. The molecule has 0 aromatic carbocycles. The number of nitrogens with zero attached hydrogens (tertiary/aromatic N) is 2. The van der Waals surface area contributed by atoms with Crippen molar-refractivity contribution in [3.63, 3.8) is 0 Å². The molecule has 3 saturated heterocycles. The van der Waals surface area contributed by atoms with Gasteiger partial charge >= 0.3 is 11.9 Å². The molecular weight excluding hydrogens is 843 g/mol. The highest BCUT2D eigenvalue weighted by molar-refractivity contribution is 5.79. The summed E-state index contributed by atoms with van der Waals surface area (Å²) >= 11 is 0. The van der Waals surface area contributed by atoms with Gasteiger partial charge in [0.15, 0.2) is 18.7 Å². The van der Waals surface area contributed by atoms with E-state index in [4.69, 9.17) is 37.9 Å². The second-order valence-electron chi connectivity index (χ2n) is 20.1. The molecule has 3 aliphatic heterocycles. The number of Topliss-reactive ketones (excluding diaryl/α,β-unsaturated/α-hetero) is 1. The van der Waals surface area contributed by atoms with Gasteiger partial charge in [0.2, 0.25) is 5.91 Å². The van der Waals surface area contributed by atoms with Crippen LogP contribution < -0.4 is 5.32 Å². The lowest BCUT2D eigenvalue weighted by Gasteiger charge is -2.50. The Morgan fingerprint density at radius 1 is 0.892 bits per heavy atom. The van der Waals surface area contributed by atoms with Crippen LogP contribution in [0.5, 0.6) is 0 Å². The minimum absolute atomic E-state index is 0.0311. The molecule has 17 nitrogen and oxygen atoms in total. The number of cyclic esters (lactones) is 1. The molecule has 3 aliphatic rings. The average Bonchev–Trinajstić information content (AvgIpc) is 3.24. The Hall–Kier alpha value is -2.32. The van der Waals surface area contributed by atoms with Gasteiger partial charge in [-0.25, -0.2) is 0 Å². The average molecular weight is 930 g/mol. The van der Waals surface area contributed by atoms with Crippen molar-refractivity contribution in [3.05, 3.63) is 0 Å². The first-order chi connectivity index (χ1) is 30.2. The summed E-state index contributed by atoms with van der Waals surface area (Å²) in [7, 11) is 7.00. The number of methoxy groups -OCH3 is 2. The van der Waals surface area contributed by atoms with Crippen LogP contribution in [0.1, 0.15) is 129 Å². The van der Waals surface area contributed by atoms with Crippen LogP contribution in [-0.4, -0.2) is 176 Å². The predicted octanol–water partition coefficient (Wildman–Crippen LogP) is 4.26. The normalized spacial score (nSPS) is 41.6. The molecule has 0 aromatic rings. The van der Waals surface area contributed by atoms with Gasteiger partial charge in [0.1, 0.15) is 29.2 Å². The summed E-state index contributed by atoms with van der Waals surface area (Å²) in [6, 6.07) is -1.02. The zero-order chi connectivity index (χ0) is 49.4. The van der Waals surface area contributed by atoms with Crippen molar-refractivity contribution in [2.24, 2.45) is 23.7 Å². The molecule has 0 aromatic heterocycles. The maximum Gasteiger partial charge on any atom is 0.311 e. The Kier molecular flexibility index (Phi) is 21.3. The van der Waals surface area contributed by atoms with E-state index in [1.807, 2.05) is 55.6 Å². The number of aliphatic hydroxyl groups is 2. The summed E-state index contributed by atoms with van der Waals surface area (Å²) in [4.78, 5) is 58.9. The molecule has 18 atom stereocenters. The van der Waals surface area contributed by atoms with E-state index in [9.17, 15) is 29.4 Å². The molecule has 1 amide bonds. The van der Waals surface area contributed by atoms with Crippen LogP contribution in [0.15, 0.2) is 0 Å². The van der Waals surface area contributed by atoms with E-state index in [0.29, 0.717) is 13.0 Å². The largest absolute Gasteiger partial charge is 0.459 e. The lowest BCUT2D eigenvalue weighted by Crippen LogP contribution is -2.60. The van der Waals surface area contributed by atoms with Gasteiger partial charge < -0.3 is 68.0 Å². The molecule has 0 bridgehead atoms. The molecule has 378 valence electrons. The van der Waals surface area contributed by atoms with E-state index in [1.54, 1.807) is 48.7 Å². The molecule has 65 heavy (non-hydrogen) atoms. The minimum atomic E-state index is -1.97. The standard InChI is InChI=1S/C48H87N3O14/c1-18-36-48(13,57)40(54)32(9)49-43(55)27(4)25-46(11,58-16)41(65-45-34(23-28(5)52)35(50(14)15)24-29(6)60-45)30(7)39(31(8)44(56)62-36)64-38-26-47(12,59-17)42(33(10)61-38)63-37(53)21-22-51(19-2)20-3/h27,29-36,38-42,45,54,57H,18-26H2,1-17H3,(H,49,55)/t27-,29-,30+,31-,32-,33+,34-,35+,36-,38?,39+,40-,41-,42+,45+,46-,47-,48-/m1/s1. The van der Waals surface area contributed by atoms with Crippen molar-refractivity contribution in [2.75, 3.05) is 47.9 Å². The summed E-state index contributed by atoms with van der Waals surface area (Å²) in [6.07, 6.45) is -7.05. The van der Waals surface area contributed by atoms with E-state index in [1.165, 1.54) is 14.0 Å². The lowest BCUT2D eigenvalue weighted by molar-refractivity contribution is -0.315. The fourth-order valence-corrected chi connectivity index (χ4v) is 10.3. The van der Waals surface area contributed by atoms with Crippen LogP contribution in [-0.2, 0) is 57.1 Å². The highest BCUT2D eigenvalue weighted by atomic mass is 16.7. The van der Waals surface area contributed by atoms with Crippen molar-refractivity contribution < 1.29 is 67.3 Å². The van der Waals surface area contributed by atoms with Gasteiger partial charge in [-0.15, -0.1) is 0 Å². The Morgan fingerprint density at radius 2 is 1.49 bits per heavy atom. The molecule has 0 radical (unpaired) electrons. The second kappa shape index (κ2) is 24.3. The minimum Gasteiger partial charge on any atom is -0.459 e. The molecule has 3 fully saturated rings. The number of aliphatic hydroxyl groups excluding tert-OH is 1. The van der Waals surface area contributed by atoms with E-state index in [0.717, 1.165) is 13.1 Å². The number of nitrogens with one attached hydrogen (secondary N) is 1. The van der Waals surface area contributed by atoms with Crippen molar-refractivity contribution in [1.82, 2.24) is 15.1 Å². The number of amides is 1. The van der Waals surface area contributed by atoms with Gasteiger partial charge in [0, 0.05) is 57.4 Å². The fourth-order valence-electron chi connectivity index (χ4n) is 10.3. The third-order valence-electron chi connectivity index (χ3n) is 14.6. The topological polar surface area (TPSA) is 201 Å². The monoisotopic (exact) mass is 930 g/mol. The van der Waals surface area contributed by atoms with Gasteiger partial charge in [0.05, 0.1) is 48.4 Å². The highest BCUT2D eigenvalue weighted by Crippen LogP contribution is 2.42. The third kappa shape index (κ3) is 14.1. The zero-order valence-electron chi connectivity index (χ0n) is 42.7. The first-order valence-electron chi connectivity index (χ1n) is 23.9. The number of rotatable bonds is 16. The zero-order valence-corrected chi connectivity index (χ0v) is 42.7. The molecular formula is C48H87N3O14. The maximum absolute atomic E-state index is 14.6. The van der Waals surface area contributed by atoms with Crippen LogP contribution in [0.4, 0.5) is 0 Å². The number of carbonyl (C=O) groups excluding carboxylic acids is 4.